The predicted molar refractivity (Wildman–Crippen MR) is 79.8 cm³/mol. The number of hydrogen-bond acceptors (Lipinski definition) is 4. The summed E-state index contributed by atoms with van der Waals surface area (Å²) >= 11 is 0. The Labute approximate surface area is 119 Å². The van der Waals surface area contributed by atoms with Crippen molar-refractivity contribution in [3.05, 3.63) is 18.3 Å². The molecule has 0 saturated carbocycles. The van der Waals surface area contributed by atoms with Crippen molar-refractivity contribution in [1.29, 1.82) is 0 Å². The first-order valence-corrected chi connectivity index (χ1v) is 7.47. The number of rotatable bonds is 3. The van der Waals surface area contributed by atoms with Crippen molar-refractivity contribution in [3.63, 3.8) is 0 Å². The maximum absolute atomic E-state index is 12.4. The number of hydrogen-bond donors (Lipinski definition) is 2. The fourth-order valence-corrected chi connectivity index (χ4v) is 3.06. The summed E-state index contributed by atoms with van der Waals surface area (Å²) in [7, 11) is 0. The lowest BCUT2D eigenvalue weighted by Crippen LogP contribution is -2.29. The molecule has 3 rings (SSSR count). The molecule has 1 amide bonds. The normalized spacial score (nSPS) is 25.9. The summed E-state index contributed by atoms with van der Waals surface area (Å²) in [5.74, 6) is 1.47. The highest BCUT2D eigenvalue weighted by Crippen LogP contribution is 2.27. The van der Waals surface area contributed by atoms with E-state index in [2.05, 4.69) is 27.4 Å². The molecule has 2 N–H and O–H groups in total. The highest BCUT2D eigenvalue weighted by atomic mass is 16.2. The molecule has 1 aromatic heterocycles. The van der Waals surface area contributed by atoms with Crippen LogP contribution in [0.4, 0.5) is 11.5 Å². The van der Waals surface area contributed by atoms with Crippen LogP contribution >= 0.6 is 0 Å². The predicted octanol–water partition coefficient (Wildman–Crippen LogP) is 1.48. The smallest absolute Gasteiger partial charge is 0.229 e. The number of amides is 1. The molecule has 5 nitrogen and oxygen atoms in total. The average molecular weight is 274 g/mol. The van der Waals surface area contributed by atoms with E-state index < -0.39 is 0 Å². The fourth-order valence-electron chi connectivity index (χ4n) is 3.06. The van der Waals surface area contributed by atoms with E-state index >= 15 is 0 Å². The van der Waals surface area contributed by atoms with Gasteiger partial charge in [-0.1, -0.05) is 6.92 Å². The second-order valence-electron chi connectivity index (χ2n) is 5.80. The lowest BCUT2D eigenvalue weighted by molar-refractivity contribution is -0.120. The Morgan fingerprint density at radius 3 is 2.90 bits per heavy atom. The van der Waals surface area contributed by atoms with Crippen LogP contribution in [0.15, 0.2) is 18.3 Å². The Bertz CT molecular complexity index is 485. The maximum Gasteiger partial charge on any atom is 0.229 e. The quantitative estimate of drug-likeness (QED) is 0.876. The molecule has 0 bridgehead atoms. The first-order chi connectivity index (χ1) is 9.75. The van der Waals surface area contributed by atoms with Crippen molar-refractivity contribution in [2.24, 2.45) is 11.8 Å². The molecule has 2 aliphatic heterocycles. The second kappa shape index (κ2) is 5.79. The Morgan fingerprint density at radius 1 is 1.40 bits per heavy atom. The van der Waals surface area contributed by atoms with Crippen molar-refractivity contribution in [2.45, 2.75) is 19.8 Å². The third-order valence-electron chi connectivity index (χ3n) is 4.30. The molecule has 2 aliphatic rings. The molecular formula is C15H22N4O. The zero-order valence-electron chi connectivity index (χ0n) is 11.9. The van der Waals surface area contributed by atoms with Gasteiger partial charge in [0.15, 0.2) is 5.82 Å². The topological polar surface area (TPSA) is 57.3 Å². The zero-order valence-corrected chi connectivity index (χ0v) is 11.9. The van der Waals surface area contributed by atoms with E-state index in [9.17, 15) is 4.79 Å². The highest BCUT2D eigenvalue weighted by Gasteiger charge is 2.30. The van der Waals surface area contributed by atoms with Gasteiger partial charge in [-0.15, -0.1) is 0 Å². The minimum Gasteiger partial charge on any atom is -0.355 e. The summed E-state index contributed by atoms with van der Waals surface area (Å²) in [6, 6.07) is 3.83. The molecule has 0 spiro atoms. The van der Waals surface area contributed by atoms with Gasteiger partial charge < -0.3 is 15.5 Å². The maximum atomic E-state index is 12.4. The number of carbonyl (C=O) groups is 1. The van der Waals surface area contributed by atoms with E-state index in [1.165, 1.54) is 12.8 Å². The van der Waals surface area contributed by atoms with Gasteiger partial charge in [-0.2, -0.15) is 0 Å². The molecule has 2 saturated heterocycles. The first-order valence-electron chi connectivity index (χ1n) is 7.47. The Balaban J connectivity index is 1.75. The highest BCUT2D eigenvalue weighted by molar-refractivity contribution is 5.95. The van der Waals surface area contributed by atoms with Crippen LogP contribution in [0.3, 0.4) is 0 Å². The minimum atomic E-state index is 0.0571. The second-order valence-corrected chi connectivity index (χ2v) is 5.80. The summed E-state index contributed by atoms with van der Waals surface area (Å²) in [5, 5.41) is 6.35. The minimum absolute atomic E-state index is 0.0571. The lowest BCUT2D eigenvalue weighted by atomic mass is 9.97. The van der Waals surface area contributed by atoms with E-state index in [1.807, 2.05) is 12.1 Å². The summed E-state index contributed by atoms with van der Waals surface area (Å²) in [6.45, 7) is 5.87. The van der Waals surface area contributed by atoms with Crippen molar-refractivity contribution in [2.75, 3.05) is 36.4 Å². The van der Waals surface area contributed by atoms with Crippen LogP contribution in [-0.4, -0.2) is 37.1 Å². The van der Waals surface area contributed by atoms with Crippen LogP contribution in [0.5, 0.6) is 0 Å². The monoisotopic (exact) mass is 274 g/mol. The van der Waals surface area contributed by atoms with Gasteiger partial charge in [-0.05, 0) is 37.4 Å². The largest absolute Gasteiger partial charge is 0.355 e. The van der Waals surface area contributed by atoms with Crippen molar-refractivity contribution < 1.29 is 4.79 Å². The molecule has 0 radical (unpaired) electrons. The number of anilines is 2. The van der Waals surface area contributed by atoms with Crippen molar-refractivity contribution >= 4 is 17.4 Å². The number of nitrogens with one attached hydrogen (secondary N) is 2. The molecule has 3 heterocycles. The molecule has 20 heavy (non-hydrogen) atoms. The van der Waals surface area contributed by atoms with Crippen LogP contribution in [0.1, 0.15) is 19.8 Å². The van der Waals surface area contributed by atoms with Gasteiger partial charge in [-0.25, -0.2) is 4.98 Å². The Hall–Kier alpha value is -1.62. The number of nitrogens with zero attached hydrogens (tertiary/aromatic N) is 2. The SMILES string of the molecule is CC1CNCC1C(=O)Nc1cccnc1N1CCCC1. The Kier molecular flexibility index (Phi) is 3.87. The Morgan fingerprint density at radius 2 is 2.20 bits per heavy atom. The summed E-state index contributed by atoms with van der Waals surface area (Å²) in [5.41, 5.74) is 0.846. The van der Waals surface area contributed by atoms with Crippen LogP contribution in [0, 0.1) is 11.8 Å². The molecule has 0 aromatic carbocycles. The van der Waals surface area contributed by atoms with E-state index in [4.69, 9.17) is 0 Å². The third kappa shape index (κ3) is 2.63. The molecule has 2 unspecified atom stereocenters. The number of aromatic nitrogens is 1. The van der Waals surface area contributed by atoms with E-state index in [1.54, 1.807) is 6.20 Å². The van der Waals surface area contributed by atoms with E-state index in [-0.39, 0.29) is 11.8 Å². The average Bonchev–Trinajstić information content (AvgIpc) is 3.10. The van der Waals surface area contributed by atoms with Crippen LogP contribution in [0.25, 0.3) is 0 Å². The lowest BCUT2D eigenvalue weighted by Gasteiger charge is -2.21. The van der Waals surface area contributed by atoms with Gasteiger partial charge in [0.05, 0.1) is 11.6 Å². The van der Waals surface area contributed by atoms with Crippen LogP contribution < -0.4 is 15.5 Å². The van der Waals surface area contributed by atoms with Crippen LogP contribution in [0.2, 0.25) is 0 Å². The van der Waals surface area contributed by atoms with Gasteiger partial charge in [0, 0.05) is 25.8 Å². The van der Waals surface area contributed by atoms with Crippen molar-refractivity contribution in [3.8, 4) is 0 Å². The number of pyridine rings is 1. The first kappa shape index (κ1) is 13.4. The summed E-state index contributed by atoms with van der Waals surface area (Å²) < 4.78 is 0. The van der Waals surface area contributed by atoms with Crippen molar-refractivity contribution in [1.82, 2.24) is 10.3 Å². The van der Waals surface area contributed by atoms with Gasteiger partial charge in [0.1, 0.15) is 0 Å². The molecule has 5 heteroatoms. The fraction of sp³-hybridized carbons (Fsp3) is 0.600. The zero-order chi connectivity index (χ0) is 13.9. The van der Waals surface area contributed by atoms with Gasteiger partial charge >= 0.3 is 0 Å². The standard InChI is InChI=1S/C15H22N4O/c1-11-9-16-10-12(11)15(20)18-13-5-4-6-17-14(13)19-7-2-3-8-19/h4-6,11-12,16H,2-3,7-10H2,1H3,(H,18,20). The number of carbonyl (C=O) groups excluding carboxylic acids is 1. The molecule has 2 atom stereocenters. The molecule has 108 valence electrons. The third-order valence-corrected chi connectivity index (χ3v) is 4.30. The van der Waals surface area contributed by atoms with Gasteiger partial charge in [-0.3, -0.25) is 4.79 Å². The molecule has 1 aromatic rings. The molecule has 0 aliphatic carbocycles. The molecular weight excluding hydrogens is 252 g/mol. The van der Waals surface area contributed by atoms with Gasteiger partial charge in [0.2, 0.25) is 5.91 Å². The summed E-state index contributed by atoms with van der Waals surface area (Å²) in [4.78, 5) is 19.1. The molecule has 2 fully saturated rings. The van der Waals surface area contributed by atoms with Gasteiger partial charge in [0.25, 0.3) is 0 Å². The van der Waals surface area contributed by atoms with Crippen LogP contribution in [-0.2, 0) is 4.79 Å². The van der Waals surface area contributed by atoms with E-state index in [0.717, 1.165) is 37.7 Å². The summed E-state index contributed by atoms with van der Waals surface area (Å²) in [6.07, 6.45) is 4.20. The van der Waals surface area contributed by atoms with E-state index in [0.29, 0.717) is 5.92 Å².